The molecule has 0 bridgehead atoms. The number of carbonyl (C=O) groups excluding carboxylic acids is 1. The number of hydrogen-bond donors (Lipinski definition) is 0. The third kappa shape index (κ3) is 4.82. The molecular weight excluding hydrogens is 370 g/mol. The molecule has 27 heavy (non-hydrogen) atoms. The SMILES string of the molecule is COc1cc(OC)cc(-c2nnc(SCC(=O)N(C)Cc3ccco3)o2)c1. The molecule has 0 N–H and O–H groups in total. The highest BCUT2D eigenvalue weighted by atomic mass is 32.2. The molecule has 0 fully saturated rings. The predicted molar refractivity (Wildman–Crippen MR) is 98.7 cm³/mol. The van der Waals surface area contributed by atoms with Gasteiger partial charge in [-0.3, -0.25) is 4.79 Å². The van der Waals surface area contributed by atoms with Gasteiger partial charge < -0.3 is 23.2 Å². The highest BCUT2D eigenvalue weighted by molar-refractivity contribution is 7.99. The van der Waals surface area contributed by atoms with Crippen molar-refractivity contribution in [2.75, 3.05) is 27.0 Å². The Morgan fingerprint density at radius 2 is 1.93 bits per heavy atom. The molecule has 0 spiro atoms. The summed E-state index contributed by atoms with van der Waals surface area (Å²) in [6.07, 6.45) is 1.58. The van der Waals surface area contributed by atoms with Crippen molar-refractivity contribution in [3.05, 3.63) is 42.4 Å². The van der Waals surface area contributed by atoms with Crippen molar-refractivity contribution in [2.45, 2.75) is 11.8 Å². The number of ether oxygens (including phenoxy) is 2. The van der Waals surface area contributed by atoms with Gasteiger partial charge in [0.1, 0.15) is 17.3 Å². The van der Waals surface area contributed by atoms with Gasteiger partial charge >= 0.3 is 0 Å². The van der Waals surface area contributed by atoms with Gasteiger partial charge in [0.25, 0.3) is 5.22 Å². The van der Waals surface area contributed by atoms with Crippen molar-refractivity contribution < 1.29 is 23.1 Å². The Morgan fingerprint density at radius 1 is 1.19 bits per heavy atom. The first-order valence-corrected chi connectivity index (χ1v) is 9.03. The van der Waals surface area contributed by atoms with Gasteiger partial charge in [-0.2, -0.15) is 0 Å². The lowest BCUT2D eigenvalue weighted by Crippen LogP contribution is -2.27. The number of nitrogens with zero attached hydrogens (tertiary/aromatic N) is 3. The fraction of sp³-hybridized carbons (Fsp3) is 0.278. The predicted octanol–water partition coefficient (Wildman–Crippen LogP) is 3.10. The summed E-state index contributed by atoms with van der Waals surface area (Å²) in [5.41, 5.74) is 0.673. The molecule has 0 aliphatic heterocycles. The number of aromatic nitrogens is 2. The van der Waals surface area contributed by atoms with Gasteiger partial charge in [-0.25, -0.2) is 0 Å². The summed E-state index contributed by atoms with van der Waals surface area (Å²) in [6, 6.07) is 8.90. The number of thioether (sulfide) groups is 1. The normalized spacial score (nSPS) is 10.6. The molecule has 0 aliphatic rings. The van der Waals surface area contributed by atoms with E-state index >= 15 is 0 Å². The smallest absolute Gasteiger partial charge is 0.277 e. The third-order valence-corrected chi connectivity index (χ3v) is 4.53. The van der Waals surface area contributed by atoms with E-state index in [1.165, 1.54) is 11.8 Å². The van der Waals surface area contributed by atoms with Gasteiger partial charge in [0.15, 0.2) is 0 Å². The van der Waals surface area contributed by atoms with Crippen molar-refractivity contribution in [3.63, 3.8) is 0 Å². The molecule has 3 rings (SSSR count). The fourth-order valence-corrected chi connectivity index (χ4v) is 2.98. The van der Waals surface area contributed by atoms with Gasteiger partial charge in [0.05, 0.1) is 32.8 Å². The molecule has 9 heteroatoms. The molecule has 1 amide bonds. The second-order valence-electron chi connectivity index (χ2n) is 5.59. The average molecular weight is 389 g/mol. The minimum absolute atomic E-state index is 0.0702. The number of amides is 1. The summed E-state index contributed by atoms with van der Waals surface area (Å²) < 4.78 is 21.4. The zero-order valence-corrected chi connectivity index (χ0v) is 16.0. The van der Waals surface area contributed by atoms with Crippen LogP contribution in [0.15, 0.2) is 50.7 Å². The molecule has 1 aromatic carbocycles. The Labute approximate surface area is 160 Å². The Kier molecular flexibility index (Phi) is 6.02. The van der Waals surface area contributed by atoms with Crippen LogP contribution < -0.4 is 9.47 Å². The van der Waals surface area contributed by atoms with Crippen molar-refractivity contribution in [3.8, 4) is 23.0 Å². The first-order chi connectivity index (χ1) is 13.1. The van der Waals surface area contributed by atoms with Crippen LogP contribution in [0.4, 0.5) is 0 Å². The Bertz CT molecular complexity index is 872. The largest absolute Gasteiger partial charge is 0.497 e. The summed E-state index contributed by atoms with van der Waals surface area (Å²) in [5, 5.41) is 8.33. The van der Waals surface area contributed by atoms with Crippen molar-refractivity contribution >= 4 is 17.7 Å². The summed E-state index contributed by atoms with van der Waals surface area (Å²) in [7, 11) is 4.85. The molecule has 142 valence electrons. The lowest BCUT2D eigenvalue weighted by atomic mass is 10.2. The average Bonchev–Trinajstić information content (AvgIpc) is 3.37. The summed E-state index contributed by atoms with van der Waals surface area (Å²) in [5.74, 6) is 2.39. The summed E-state index contributed by atoms with van der Waals surface area (Å²) >= 11 is 1.18. The molecule has 0 unspecified atom stereocenters. The van der Waals surface area contributed by atoms with Crippen molar-refractivity contribution in [1.82, 2.24) is 15.1 Å². The second kappa shape index (κ2) is 8.63. The van der Waals surface area contributed by atoms with E-state index < -0.39 is 0 Å². The number of furan rings is 1. The number of carbonyl (C=O) groups is 1. The number of benzene rings is 1. The number of rotatable bonds is 8. The van der Waals surface area contributed by atoms with E-state index in [1.807, 2.05) is 6.07 Å². The van der Waals surface area contributed by atoms with Crippen LogP contribution in [-0.4, -0.2) is 48.0 Å². The zero-order valence-electron chi connectivity index (χ0n) is 15.2. The summed E-state index contributed by atoms with van der Waals surface area (Å²) in [4.78, 5) is 13.8. The molecule has 0 radical (unpaired) electrons. The zero-order chi connectivity index (χ0) is 19.2. The molecule has 8 nitrogen and oxygen atoms in total. The Hall–Kier alpha value is -2.94. The van der Waals surface area contributed by atoms with Crippen LogP contribution >= 0.6 is 11.8 Å². The van der Waals surface area contributed by atoms with E-state index in [2.05, 4.69) is 10.2 Å². The number of methoxy groups -OCH3 is 2. The minimum Gasteiger partial charge on any atom is -0.497 e. The topological polar surface area (TPSA) is 90.8 Å². The lowest BCUT2D eigenvalue weighted by molar-refractivity contribution is -0.127. The minimum atomic E-state index is -0.0702. The van der Waals surface area contributed by atoms with E-state index in [1.54, 1.807) is 56.7 Å². The van der Waals surface area contributed by atoms with E-state index in [9.17, 15) is 4.79 Å². The summed E-state index contributed by atoms with van der Waals surface area (Å²) in [6.45, 7) is 0.408. The van der Waals surface area contributed by atoms with Crippen LogP contribution in [0, 0.1) is 0 Å². The van der Waals surface area contributed by atoms with Crippen LogP contribution in [0.5, 0.6) is 11.5 Å². The molecule has 2 heterocycles. The second-order valence-corrected chi connectivity index (χ2v) is 6.52. The first kappa shape index (κ1) is 18.8. The molecule has 2 aromatic heterocycles. The lowest BCUT2D eigenvalue weighted by Gasteiger charge is -2.14. The molecule has 0 aliphatic carbocycles. The van der Waals surface area contributed by atoms with Crippen LogP contribution in [0.25, 0.3) is 11.5 Å². The highest BCUT2D eigenvalue weighted by Crippen LogP contribution is 2.30. The van der Waals surface area contributed by atoms with Crippen LogP contribution in [0.2, 0.25) is 0 Å². The number of hydrogen-bond acceptors (Lipinski definition) is 8. The maximum atomic E-state index is 12.2. The van der Waals surface area contributed by atoms with E-state index in [0.717, 1.165) is 5.76 Å². The monoisotopic (exact) mass is 389 g/mol. The van der Waals surface area contributed by atoms with Crippen LogP contribution in [-0.2, 0) is 11.3 Å². The quantitative estimate of drug-likeness (QED) is 0.543. The highest BCUT2D eigenvalue weighted by Gasteiger charge is 2.16. The molecular formula is C18H19N3O5S. The van der Waals surface area contributed by atoms with Gasteiger partial charge in [-0.15, -0.1) is 10.2 Å². The van der Waals surface area contributed by atoms with E-state index in [0.29, 0.717) is 34.7 Å². The third-order valence-electron chi connectivity index (χ3n) is 3.72. The molecule has 0 atom stereocenters. The maximum Gasteiger partial charge on any atom is 0.277 e. The van der Waals surface area contributed by atoms with Gasteiger partial charge in [0, 0.05) is 18.7 Å². The first-order valence-electron chi connectivity index (χ1n) is 8.05. The molecule has 3 aromatic rings. The van der Waals surface area contributed by atoms with Crippen molar-refractivity contribution in [2.24, 2.45) is 0 Å². The Morgan fingerprint density at radius 3 is 2.56 bits per heavy atom. The van der Waals surface area contributed by atoms with E-state index in [-0.39, 0.29) is 11.7 Å². The molecule has 0 saturated heterocycles. The molecule has 0 saturated carbocycles. The fourth-order valence-electron chi connectivity index (χ4n) is 2.27. The van der Waals surface area contributed by atoms with Crippen LogP contribution in [0.3, 0.4) is 0 Å². The van der Waals surface area contributed by atoms with Crippen LogP contribution in [0.1, 0.15) is 5.76 Å². The van der Waals surface area contributed by atoms with Gasteiger partial charge in [0.2, 0.25) is 11.8 Å². The Balaban J connectivity index is 1.62. The maximum absolute atomic E-state index is 12.2. The standard InChI is InChI=1S/C18H19N3O5S/c1-21(10-13-5-4-6-25-13)16(22)11-27-18-20-19-17(26-18)12-7-14(23-2)9-15(8-12)24-3/h4-9H,10-11H2,1-3H3. The van der Waals surface area contributed by atoms with E-state index in [4.69, 9.17) is 18.3 Å². The van der Waals surface area contributed by atoms with Gasteiger partial charge in [-0.1, -0.05) is 11.8 Å². The van der Waals surface area contributed by atoms with Gasteiger partial charge in [-0.05, 0) is 24.3 Å². The van der Waals surface area contributed by atoms with Crippen molar-refractivity contribution in [1.29, 1.82) is 0 Å².